The minimum Gasteiger partial charge on any atom is -0.449 e. The topological polar surface area (TPSA) is 128 Å². The third-order valence-electron chi connectivity index (χ3n) is 8.44. The van der Waals surface area contributed by atoms with Crippen LogP contribution in [-0.2, 0) is 9.53 Å². The molecule has 9 nitrogen and oxygen atoms in total. The van der Waals surface area contributed by atoms with Gasteiger partial charge in [-0.05, 0) is 69.8 Å². The smallest absolute Gasteiger partial charge is 0.404 e. The molecule has 202 valence electrons. The lowest BCUT2D eigenvalue weighted by atomic mass is 9.48. The lowest BCUT2D eigenvalue weighted by Gasteiger charge is -2.59. The molecular weight excluding hydrogens is 482 g/mol. The summed E-state index contributed by atoms with van der Waals surface area (Å²) < 4.78 is 6.95. The minimum atomic E-state index is -0.717. The van der Waals surface area contributed by atoms with E-state index in [4.69, 9.17) is 10.5 Å². The van der Waals surface area contributed by atoms with E-state index in [1.165, 1.54) is 6.92 Å². The first kappa shape index (κ1) is 26.0. The molecule has 1 heterocycles. The Morgan fingerprint density at radius 1 is 1.16 bits per heavy atom. The van der Waals surface area contributed by atoms with E-state index in [0.29, 0.717) is 35.6 Å². The Morgan fingerprint density at radius 3 is 2.47 bits per heavy atom. The van der Waals surface area contributed by atoms with Crippen LogP contribution in [0.2, 0.25) is 0 Å². The van der Waals surface area contributed by atoms with Gasteiger partial charge in [0.05, 0.1) is 29.6 Å². The number of nitrogens with one attached hydrogen (secondary N) is 2. The molecule has 38 heavy (non-hydrogen) atoms. The molecule has 6 rings (SSSR count). The van der Waals surface area contributed by atoms with E-state index in [-0.39, 0.29) is 23.3 Å². The van der Waals surface area contributed by atoms with Gasteiger partial charge in [0, 0.05) is 30.1 Å². The molecule has 4 fully saturated rings. The van der Waals surface area contributed by atoms with Gasteiger partial charge in [-0.3, -0.25) is 9.59 Å². The van der Waals surface area contributed by atoms with Gasteiger partial charge < -0.3 is 21.1 Å². The summed E-state index contributed by atoms with van der Waals surface area (Å²) in [5, 5.41) is 10.8. The van der Waals surface area contributed by atoms with E-state index in [2.05, 4.69) is 15.7 Å². The van der Waals surface area contributed by atoms with E-state index < -0.39 is 11.6 Å². The van der Waals surface area contributed by atoms with E-state index in [1.54, 1.807) is 17.1 Å². The van der Waals surface area contributed by atoms with Crippen molar-refractivity contribution in [2.24, 2.45) is 28.9 Å². The average Bonchev–Trinajstić information content (AvgIpc) is 3.27. The molecule has 3 amide bonds. The molecule has 1 aromatic carbocycles. The van der Waals surface area contributed by atoms with Crippen molar-refractivity contribution in [3.8, 4) is 11.3 Å². The van der Waals surface area contributed by atoms with Crippen LogP contribution in [0.5, 0.6) is 0 Å². The van der Waals surface area contributed by atoms with Crippen molar-refractivity contribution in [1.82, 2.24) is 20.4 Å². The number of aromatic nitrogens is 2. The Kier molecular flexibility index (Phi) is 6.79. The number of nitrogens with two attached hydrogens (primary N) is 1. The van der Waals surface area contributed by atoms with Gasteiger partial charge in [0.1, 0.15) is 0 Å². The fourth-order valence-corrected chi connectivity index (χ4v) is 7.34. The number of hydrogen-bond acceptors (Lipinski definition) is 5. The lowest BCUT2D eigenvalue weighted by molar-refractivity contribution is -0.120. The summed E-state index contributed by atoms with van der Waals surface area (Å²) in [5.74, 6) is 1.06. The van der Waals surface area contributed by atoms with Crippen LogP contribution in [0, 0.1) is 23.2 Å². The Labute approximate surface area is 223 Å². The maximum Gasteiger partial charge on any atom is 0.404 e. The molecule has 0 radical (unpaired) electrons. The Bertz CT molecular complexity index is 1230. The highest BCUT2D eigenvalue weighted by Crippen LogP contribution is 2.60. The predicted molar refractivity (Wildman–Crippen MR) is 144 cm³/mol. The molecule has 9 heteroatoms. The molecule has 0 spiro atoms. The van der Waals surface area contributed by atoms with Crippen molar-refractivity contribution < 1.29 is 19.1 Å². The van der Waals surface area contributed by atoms with Crippen molar-refractivity contribution in [3.63, 3.8) is 0 Å². The highest BCUT2D eigenvalue weighted by Gasteiger charge is 2.56. The normalized spacial score (nSPS) is 27.9. The first-order chi connectivity index (χ1) is 18.0. The molecule has 2 aromatic rings. The molecule has 4 N–H and O–H groups in total. The van der Waals surface area contributed by atoms with Crippen molar-refractivity contribution in [1.29, 1.82) is 0 Å². The summed E-state index contributed by atoms with van der Waals surface area (Å²) in [6.07, 6.45) is 9.67. The highest BCUT2D eigenvalue weighted by molar-refractivity contribution is 6.00. The summed E-state index contributed by atoms with van der Waals surface area (Å²) >= 11 is 0. The fraction of sp³-hybridized carbons (Fsp3) is 0.517. The van der Waals surface area contributed by atoms with E-state index in [0.717, 1.165) is 37.7 Å². The lowest BCUT2D eigenvalue weighted by Crippen LogP contribution is -2.60. The van der Waals surface area contributed by atoms with Crippen LogP contribution < -0.4 is 16.4 Å². The van der Waals surface area contributed by atoms with Crippen molar-refractivity contribution >= 4 is 24.1 Å². The summed E-state index contributed by atoms with van der Waals surface area (Å²) in [5.41, 5.74) is 6.76. The van der Waals surface area contributed by atoms with Crippen LogP contribution in [0.15, 0.2) is 42.6 Å². The molecule has 2 unspecified atom stereocenters. The molecule has 4 bridgehead atoms. The Morgan fingerprint density at radius 2 is 1.84 bits per heavy atom. The number of rotatable bonds is 8. The monoisotopic (exact) mass is 519 g/mol. The molecule has 2 atom stereocenters. The first-order valence-corrected chi connectivity index (χ1v) is 13.4. The van der Waals surface area contributed by atoms with Gasteiger partial charge in [-0.1, -0.05) is 30.3 Å². The Hall–Kier alpha value is -3.62. The number of amides is 3. The van der Waals surface area contributed by atoms with Crippen LogP contribution in [0.1, 0.15) is 63.2 Å². The van der Waals surface area contributed by atoms with Crippen LogP contribution >= 0.6 is 0 Å². The van der Waals surface area contributed by atoms with Crippen LogP contribution in [-0.4, -0.2) is 45.9 Å². The summed E-state index contributed by atoms with van der Waals surface area (Å²) in [4.78, 5) is 36.6. The first-order valence-electron chi connectivity index (χ1n) is 13.4. The third-order valence-corrected chi connectivity index (χ3v) is 8.44. The molecular formula is C29H37N5O4. The van der Waals surface area contributed by atoms with Crippen molar-refractivity contribution in [2.45, 2.75) is 64.5 Å². The molecule has 4 aliphatic carbocycles. The Balaban J connectivity index is 1.38. The minimum absolute atomic E-state index is 0.0155. The van der Waals surface area contributed by atoms with Gasteiger partial charge in [0.2, 0.25) is 5.91 Å². The standard InChI is InChI=1S/C29H37N5O4/c1-18(35)33-28(2,3)9-10-34-25(20-7-5-4-6-8-20)23(16-31-34)26(36)32-24-21-11-19-12-22(24)15-29(13-19,14-21)17-38-27(30)37/h4-10,16,19,21-22,24H,11-15,17H2,1-3H3,(H2,30,37)(H,32,36)(H,33,35)/b10-9+/t19?,21?,22?,24-,29-. The molecule has 0 aliphatic heterocycles. The highest BCUT2D eigenvalue weighted by atomic mass is 16.5. The van der Waals surface area contributed by atoms with E-state index in [9.17, 15) is 14.4 Å². The fourth-order valence-electron chi connectivity index (χ4n) is 7.34. The number of carbonyl (C=O) groups excluding carboxylic acids is 3. The van der Waals surface area contributed by atoms with Gasteiger partial charge in [-0.25, -0.2) is 9.48 Å². The second-order valence-electron chi connectivity index (χ2n) is 12.0. The SMILES string of the molecule is CC(=O)NC(C)(C)/C=C/n1ncc(C(=O)N[C@H]2C3CC4CC2C[C@](COC(N)=O)(C4)C3)c1-c1ccccc1. The number of ether oxygens (including phenoxy) is 1. The third kappa shape index (κ3) is 5.33. The quantitative estimate of drug-likeness (QED) is 0.486. The molecule has 0 saturated heterocycles. The maximum atomic E-state index is 13.8. The number of benzene rings is 1. The number of primary amides is 1. The van der Waals surface area contributed by atoms with Crippen molar-refractivity contribution in [2.75, 3.05) is 6.61 Å². The van der Waals surface area contributed by atoms with Crippen LogP contribution in [0.4, 0.5) is 4.79 Å². The van der Waals surface area contributed by atoms with E-state index in [1.807, 2.05) is 50.3 Å². The predicted octanol–water partition coefficient (Wildman–Crippen LogP) is 3.96. The average molecular weight is 520 g/mol. The van der Waals surface area contributed by atoms with Gasteiger partial charge in [0.15, 0.2) is 0 Å². The number of carbonyl (C=O) groups is 3. The van der Waals surface area contributed by atoms with Gasteiger partial charge in [-0.15, -0.1) is 0 Å². The maximum absolute atomic E-state index is 13.8. The van der Waals surface area contributed by atoms with Crippen LogP contribution in [0.3, 0.4) is 0 Å². The number of nitrogens with zero attached hydrogens (tertiary/aromatic N) is 2. The second kappa shape index (κ2) is 9.93. The zero-order valence-corrected chi connectivity index (χ0v) is 22.3. The van der Waals surface area contributed by atoms with Gasteiger partial charge in [0.25, 0.3) is 5.91 Å². The van der Waals surface area contributed by atoms with E-state index >= 15 is 0 Å². The molecule has 4 saturated carbocycles. The van der Waals surface area contributed by atoms with Gasteiger partial charge in [-0.2, -0.15) is 5.10 Å². The zero-order valence-electron chi connectivity index (χ0n) is 22.3. The summed E-state index contributed by atoms with van der Waals surface area (Å²) in [6, 6.07) is 9.81. The molecule has 1 aromatic heterocycles. The van der Waals surface area contributed by atoms with Gasteiger partial charge >= 0.3 is 6.09 Å². The number of hydrogen-bond donors (Lipinski definition) is 3. The summed E-state index contributed by atoms with van der Waals surface area (Å²) in [7, 11) is 0. The summed E-state index contributed by atoms with van der Waals surface area (Å²) in [6.45, 7) is 5.66. The van der Waals surface area contributed by atoms with Crippen LogP contribution in [0.25, 0.3) is 17.5 Å². The zero-order chi connectivity index (χ0) is 27.1. The second-order valence-corrected chi connectivity index (χ2v) is 12.0. The largest absolute Gasteiger partial charge is 0.449 e. The molecule has 4 aliphatic rings. The van der Waals surface area contributed by atoms with Crippen molar-refractivity contribution in [3.05, 3.63) is 48.2 Å².